The monoisotopic (exact) mass is 394 g/mol. The molecule has 2 aromatic rings. The van der Waals surface area contributed by atoms with Crippen LogP contribution in [0.25, 0.3) is 0 Å². The van der Waals surface area contributed by atoms with Gasteiger partial charge in [0.25, 0.3) is 0 Å². The van der Waals surface area contributed by atoms with Gasteiger partial charge in [-0.05, 0) is 62.7 Å². The zero-order valence-electron chi connectivity index (χ0n) is 17.6. The van der Waals surface area contributed by atoms with Crippen molar-refractivity contribution in [1.82, 2.24) is 9.80 Å². The lowest BCUT2D eigenvalue weighted by Crippen LogP contribution is -2.57. The van der Waals surface area contributed by atoms with E-state index in [1.54, 1.807) is 0 Å². The lowest BCUT2D eigenvalue weighted by Gasteiger charge is -2.42. The summed E-state index contributed by atoms with van der Waals surface area (Å²) in [6.07, 6.45) is 0.793. The van der Waals surface area contributed by atoms with E-state index < -0.39 is 0 Å². The summed E-state index contributed by atoms with van der Waals surface area (Å²) in [5.74, 6) is -0.0733. The number of hydrogen-bond donors (Lipinski definition) is 2. The van der Waals surface area contributed by atoms with Crippen LogP contribution in [0.2, 0.25) is 0 Å². The summed E-state index contributed by atoms with van der Waals surface area (Å²) in [5, 5.41) is 5.79. The molecule has 0 aliphatic carbocycles. The van der Waals surface area contributed by atoms with Crippen LogP contribution in [0.4, 0.5) is 16.2 Å². The van der Waals surface area contributed by atoms with E-state index in [1.165, 1.54) is 6.92 Å². The second-order valence-corrected chi connectivity index (χ2v) is 7.97. The third-order valence-corrected chi connectivity index (χ3v) is 5.45. The Kier molecular flexibility index (Phi) is 6.54. The van der Waals surface area contributed by atoms with Crippen molar-refractivity contribution in [2.45, 2.75) is 39.3 Å². The molecule has 1 aliphatic heterocycles. The number of carbonyl (C=O) groups excluding carboxylic acids is 2. The van der Waals surface area contributed by atoms with Gasteiger partial charge in [-0.2, -0.15) is 0 Å². The van der Waals surface area contributed by atoms with Crippen LogP contribution in [0.5, 0.6) is 0 Å². The van der Waals surface area contributed by atoms with Crippen molar-refractivity contribution in [2.24, 2.45) is 0 Å². The maximum atomic E-state index is 12.7. The van der Waals surface area contributed by atoms with E-state index >= 15 is 0 Å². The van der Waals surface area contributed by atoms with Gasteiger partial charge in [-0.25, -0.2) is 4.79 Å². The van der Waals surface area contributed by atoms with E-state index in [9.17, 15) is 9.59 Å². The van der Waals surface area contributed by atoms with Gasteiger partial charge >= 0.3 is 6.03 Å². The summed E-state index contributed by atoms with van der Waals surface area (Å²) in [6.45, 7) is 7.34. The number of urea groups is 1. The molecule has 3 amide bonds. The van der Waals surface area contributed by atoms with Crippen LogP contribution in [0.15, 0.2) is 48.5 Å². The molecule has 6 heteroatoms. The second-order valence-electron chi connectivity index (χ2n) is 7.97. The van der Waals surface area contributed by atoms with Crippen molar-refractivity contribution in [3.63, 3.8) is 0 Å². The zero-order valence-corrected chi connectivity index (χ0v) is 17.6. The average molecular weight is 395 g/mol. The first-order valence-corrected chi connectivity index (χ1v) is 10.0. The summed E-state index contributed by atoms with van der Waals surface area (Å²) < 4.78 is 0. The number of carbonyl (C=O) groups is 2. The van der Waals surface area contributed by atoms with Gasteiger partial charge in [0.2, 0.25) is 5.91 Å². The Morgan fingerprint density at radius 3 is 1.90 bits per heavy atom. The molecule has 1 saturated heterocycles. The Hall–Kier alpha value is -2.86. The van der Waals surface area contributed by atoms with Gasteiger partial charge in [0, 0.05) is 43.5 Å². The highest BCUT2D eigenvalue weighted by Crippen LogP contribution is 2.18. The second kappa shape index (κ2) is 9.09. The lowest BCUT2D eigenvalue weighted by atomic mass is 10.0. The summed E-state index contributed by atoms with van der Waals surface area (Å²) in [7, 11) is 2.10. The highest BCUT2D eigenvalue weighted by atomic mass is 16.2. The van der Waals surface area contributed by atoms with Crippen molar-refractivity contribution in [3.8, 4) is 0 Å². The molecule has 0 radical (unpaired) electrons. The molecule has 1 heterocycles. The predicted octanol–water partition coefficient (Wildman–Crippen LogP) is 3.79. The van der Waals surface area contributed by atoms with Gasteiger partial charge in [-0.15, -0.1) is 0 Å². The number of anilines is 2. The van der Waals surface area contributed by atoms with Gasteiger partial charge in [0.1, 0.15) is 0 Å². The molecule has 3 rings (SSSR count). The summed E-state index contributed by atoms with van der Waals surface area (Å²) >= 11 is 0. The minimum atomic E-state index is -0.0733. The first-order chi connectivity index (χ1) is 13.8. The molecule has 154 valence electrons. The molecule has 29 heavy (non-hydrogen) atoms. The first kappa shape index (κ1) is 20.9. The molecule has 2 unspecified atom stereocenters. The van der Waals surface area contributed by atoms with Crippen LogP contribution in [0.1, 0.15) is 31.9 Å². The highest BCUT2D eigenvalue weighted by Gasteiger charge is 2.29. The SMILES string of the molecule is CC(=O)Nc1ccc(Cc2ccc(NC(=O)N3CC(C)N(C)CC3C)cc2)cc1. The van der Waals surface area contributed by atoms with Gasteiger partial charge in [0.15, 0.2) is 0 Å². The number of likely N-dealkylation sites (N-methyl/N-ethyl adjacent to an activating group) is 1. The average Bonchev–Trinajstić information content (AvgIpc) is 2.67. The van der Waals surface area contributed by atoms with Gasteiger partial charge < -0.3 is 15.5 Å². The molecule has 0 aromatic heterocycles. The first-order valence-electron chi connectivity index (χ1n) is 10.0. The number of benzene rings is 2. The van der Waals surface area contributed by atoms with Crippen LogP contribution < -0.4 is 10.6 Å². The quantitative estimate of drug-likeness (QED) is 0.829. The van der Waals surface area contributed by atoms with Crippen LogP contribution in [-0.4, -0.2) is 54.0 Å². The van der Waals surface area contributed by atoms with Crippen molar-refractivity contribution >= 4 is 23.3 Å². The van der Waals surface area contributed by atoms with Crippen molar-refractivity contribution in [3.05, 3.63) is 59.7 Å². The number of nitrogens with zero attached hydrogens (tertiary/aromatic N) is 2. The predicted molar refractivity (Wildman–Crippen MR) is 117 cm³/mol. The molecular formula is C23H30N4O2. The topological polar surface area (TPSA) is 64.7 Å². The van der Waals surface area contributed by atoms with Crippen molar-refractivity contribution in [2.75, 3.05) is 30.8 Å². The fourth-order valence-electron chi connectivity index (χ4n) is 3.63. The summed E-state index contributed by atoms with van der Waals surface area (Å²) in [4.78, 5) is 28.0. The maximum Gasteiger partial charge on any atom is 0.322 e. The van der Waals surface area contributed by atoms with Crippen LogP contribution >= 0.6 is 0 Å². The van der Waals surface area contributed by atoms with E-state index in [0.29, 0.717) is 6.04 Å². The third-order valence-electron chi connectivity index (χ3n) is 5.45. The van der Waals surface area contributed by atoms with E-state index in [4.69, 9.17) is 0 Å². The van der Waals surface area contributed by atoms with Crippen molar-refractivity contribution in [1.29, 1.82) is 0 Å². The highest BCUT2D eigenvalue weighted by molar-refractivity contribution is 5.90. The minimum absolute atomic E-state index is 0.0428. The third kappa shape index (κ3) is 5.57. The number of hydrogen-bond acceptors (Lipinski definition) is 3. The van der Waals surface area contributed by atoms with Crippen LogP contribution in [0.3, 0.4) is 0 Å². The normalized spacial score (nSPS) is 19.7. The Morgan fingerprint density at radius 1 is 0.862 bits per heavy atom. The molecule has 1 fully saturated rings. The Bertz CT molecular complexity index is 848. The van der Waals surface area contributed by atoms with Gasteiger partial charge in [-0.1, -0.05) is 24.3 Å². The fraction of sp³-hybridized carbons (Fsp3) is 0.391. The molecule has 2 N–H and O–H groups in total. The molecule has 6 nitrogen and oxygen atoms in total. The smallest absolute Gasteiger partial charge is 0.322 e. The number of amides is 3. The molecular weight excluding hydrogens is 364 g/mol. The number of rotatable bonds is 4. The lowest BCUT2D eigenvalue weighted by molar-refractivity contribution is -0.114. The minimum Gasteiger partial charge on any atom is -0.326 e. The number of nitrogens with one attached hydrogen (secondary N) is 2. The standard InChI is InChI=1S/C23H30N4O2/c1-16-15-27(17(2)14-26(16)4)23(29)25-22-11-7-20(8-12-22)13-19-5-9-21(10-6-19)24-18(3)28/h5-12,16-17H,13-15H2,1-4H3,(H,24,28)(H,25,29). The number of piperazine rings is 1. The molecule has 2 atom stereocenters. The van der Waals surface area contributed by atoms with Crippen LogP contribution in [0, 0.1) is 0 Å². The maximum absolute atomic E-state index is 12.7. The molecule has 0 saturated carbocycles. The molecule has 0 bridgehead atoms. The summed E-state index contributed by atoms with van der Waals surface area (Å²) in [6, 6.07) is 16.3. The fourth-order valence-corrected chi connectivity index (χ4v) is 3.63. The van der Waals surface area contributed by atoms with E-state index in [1.807, 2.05) is 53.4 Å². The summed E-state index contributed by atoms with van der Waals surface area (Å²) in [5.41, 5.74) is 3.93. The molecule has 0 spiro atoms. The van der Waals surface area contributed by atoms with E-state index in [-0.39, 0.29) is 18.0 Å². The van der Waals surface area contributed by atoms with Gasteiger partial charge in [-0.3, -0.25) is 9.69 Å². The Morgan fingerprint density at radius 2 is 1.38 bits per heavy atom. The van der Waals surface area contributed by atoms with Gasteiger partial charge in [0.05, 0.1) is 0 Å². The molecule has 1 aliphatic rings. The Balaban J connectivity index is 1.57. The van der Waals surface area contributed by atoms with Crippen LogP contribution in [-0.2, 0) is 11.2 Å². The van der Waals surface area contributed by atoms with E-state index in [2.05, 4.69) is 36.4 Å². The van der Waals surface area contributed by atoms with E-state index in [0.717, 1.165) is 42.0 Å². The molecule has 2 aromatic carbocycles. The zero-order chi connectivity index (χ0) is 21.0. The largest absolute Gasteiger partial charge is 0.326 e. The van der Waals surface area contributed by atoms with Crippen molar-refractivity contribution < 1.29 is 9.59 Å². The Labute approximate surface area is 172 Å².